The van der Waals surface area contributed by atoms with E-state index in [1.54, 1.807) is 0 Å². The summed E-state index contributed by atoms with van der Waals surface area (Å²) in [5.41, 5.74) is 6.74. The van der Waals surface area contributed by atoms with Crippen molar-refractivity contribution in [2.75, 3.05) is 11.9 Å². The highest BCUT2D eigenvalue weighted by atomic mass is 79.9. The van der Waals surface area contributed by atoms with E-state index in [0.29, 0.717) is 11.3 Å². The quantitative estimate of drug-likeness (QED) is 0.747. The van der Waals surface area contributed by atoms with E-state index in [1.165, 1.54) is 0 Å². The van der Waals surface area contributed by atoms with E-state index in [-0.39, 0.29) is 11.8 Å². The lowest BCUT2D eigenvalue weighted by Crippen LogP contribution is -2.47. The van der Waals surface area contributed by atoms with Crippen molar-refractivity contribution in [2.45, 2.75) is 50.4 Å². The number of primary amides is 1. The van der Waals surface area contributed by atoms with Crippen LogP contribution in [0.25, 0.3) is 0 Å². The Bertz CT molecular complexity index is 795. The molecule has 0 saturated heterocycles. The molecule has 3 fully saturated rings. The van der Waals surface area contributed by atoms with E-state index in [4.69, 9.17) is 10.3 Å². The molecule has 1 aromatic heterocycles. The minimum absolute atomic E-state index is 0.0108. The van der Waals surface area contributed by atoms with Crippen molar-refractivity contribution in [3.63, 3.8) is 0 Å². The molecule has 6 nitrogen and oxygen atoms in total. The molecule has 3 aliphatic rings. The topological polar surface area (TPSA) is 94.0 Å². The number of hydrogen-bond acceptors (Lipinski definition) is 5. The van der Waals surface area contributed by atoms with Gasteiger partial charge in [-0.2, -0.15) is 4.98 Å². The van der Waals surface area contributed by atoms with Gasteiger partial charge in [-0.3, -0.25) is 4.79 Å². The number of halogens is 1. The molecular formula is C19H23BrN4O2. The summed E-state index contributed by atoms with van der Waals surface area (Å²) in [7, 11) is 0. The summed E-state index contributed by atoms with van der Waals surface area (Å²) in [4.78, 5) is 15.5. The number of hydrogen-bond donors (Lipinski definition) is 2. The maximum Gasteiger partial charge on any atom is 0.236 e. The molecule has 0 unspecified atom stereocenters. The van der Waals surface area contributed by atoms with Crippen molar-refractivity contribution in [1.29, 1.82) is 0 Å². The molecular weight excluding hydrogens is 396 g/mol. The third-order valence-electron chi connectivity index (χ3n) is 6.16. The molecule has 0 aliphatic heterocycles. The highest BCUT2D eigenvalue weighted by molar-refractivity contribution is 9.10. The fourth-order valence-electron chi connectivity index (χ4n) is 4.44. The number of amides is 1. The first-order chi connectivity index (χ1) is 12.5. The summed E-state index contributed by atoms with van der Waals surface area (Å²) in [5, 5.41) is 7.79. The molecule has 26 heavy (non-hydrogen) atoms. The monoisotopic (exact) mass is 418 g/mol. The van der Waals surface area contributed by atoms with Crippen LogP contribution in [0.3, 0.4) is 0 Å². The van der Waals surface area contributed by atoms with Crippen molar-refractivity contribution >= 4 is 27.5 Å². The van der Waals surface area contributed by atoms with Crippen molar-refractivity contribution in [3.05, 3.63) is 40.5 Å². The third kappa shape index (κ3) is 3.37. The van der Waals surface area contributed by atoms with Crippen LogP contribution < -0.4 is 11.1 Å². The highest BCUT2D eigenvalue weighted by Crippen LogP contribution is 2.57. The molecule has 1 aromatic carbocycles. The van der Waals surface area contributed by atoms with Gasteiger partial charge in [-0.15, -0.1) is 0 Å². The van der Waals surface area contributed by atoms with Crippen LogP contribution in [0.5, 0.6) is 0 Å². The zero-order valence-electron chi connectivity index (χ0n) is 14.6. The van der Waals surface area contributed by atoms with Gasteiger partial charge in [0.1, 0.15) is 6.42 Å². The first kappa shape index (κ1) is 17.5. The molecule has 3 N–H and O–H groups in total. The van der Waals surface area contributed by atoms with Crippen LogP contribution in [0, 0.1) is 5.41 Å². The highest BCUT2D eigenvalue weighted by Gasteiger charge is 2.51. The van der Waals surface area contributed by atoms with Crippen LogP contribution in [0.2, 0.25) is 0 Å². The SMILES string of the molecule is NC(=O)Cc1nc(C23CCC(CNc4cccc(Br)c4)(CC2)CC3)no1. The smallest absolute Gasteiger partial charge is 0.236 e. The second-order valence-electron chi connectivity index (χ2n) is 7.80. The summed E-state index contributed by atoms with van der Waals surface area (Å²) < 4.78 is 6.33. The summed E-state index contributed by atoms with van der Waals surface area (Å²) >= 11 is 3.52. The predicted molar refractivity (Wildman–Crippen MR) is 102 cm³/mol. The number of nitrogens with zero attached hydrogens (tertiary/aromatic N) is 2. The average Bonchev–Trinajstić information content (AvgIpc) is 3.10. The van der Waals surface area contributed by atoms with Crippen LogP contribution in [0.4, 0.5) is 5.69 Å². The number of nitrogens with two attached hydrogens (primary N) is 1. The number of anilines is 1. The van der Waals surface area contributed by atoms with Gasteiger partial charge in [0.25, 0.3) is 0 Å². The standard InChI is InChI=1S/C19H23BrN4O2/c20-13-2-1-3-14(10-13)22-12-18-4-7-19(8-5-18,9-6-18)17-23-16(26-24-17)11-15(21)25/h1-3,10,22H,4-9,11-12H2,(H2,21,25). The van der Waals surface area contributed by atoms with E-state index < -0.39 is 5.91 Å². The van der Waals surface area contributed by atoms with Gasteiger partial charge in [0, 0.05) is 22.1 Å². The fourth-order valence-corrected chi connectivity index (χ4v) is 4.84. The molecule has 138 valence electrons. The van der Waals surface area contributed by atoms with E-state index in [0.717, 1.165) is 61.1 Å². The van der Waals surface area contributed by atoms with Crippen LogP contribution in [-0.4, -0.2) is 22.6 Å². The first-order valence-electron chi connectivity index (χ1n) is 9.10. The Labute approximate surface area is 161 Å². The zero-order chi connectivity index (χ0) is 18.2. The molecule has 1 amide bonds. The lowest BCUT2D eigenvalue weighted by atomic mass is 9.53. The molecule has 0 radical (unpaired) electrons. The van der Waals surface area contributed by atoms with Gasteiger partial charge in [0.2, 0.25) is 11.8 Å². The average molecular weight is 419 g/mol. The maximum absolute atomic E-state index is 11.0. The number of fused-ring (bicyclic) bond motifs is 3. The Kier molecular flexibility index (Phi) is 4.50. The molecule has 1 heterocycles. The van der Waals surface area contributed by atoms with E-state index in [2.05, 4.69) is 49.6 Å². The van der Waals surface area contributed by atoms with Gasteiger partial charge in [-0.25, -0.2) is 0 Å². The van der Waals surface area contributed by atoms with E-state index >= 15 is 0 Å². The van der Waals surface area contributed by atoms with Gasteiger partial charge in [0.15, 0.2) is 5.82 Å². The number of benzene rings is 1. The van der Waals surface area contributed by atoms with Gasteiger partial charge < -0.3 is 15.6 Å². The molecule has 3 aliphatic carbocycles. The fraction of sp³-hybridized carbons (Fsp3) is 0.526. The normalized spacial score (nSPS) is 27.4. The largest absolute Gasteiger partial charge is 0.384 e. The lowest BCUT2D eigenvalue weighted by molar-refractivity contribution is -0.117. The van der Waals surface area contributed by atoms with E-state index in [9.17, 15) is 4.79 Å². The summed E-state index contributed by atoms with van der Waals surface area (Å²) in [6.45, 7) is 0.999. The molecule has 2 aromatic rings. The van der Waals surface area contributed by atoms with Crippen LogP contribution in [0.1, 0.15) is 50.2 Å². The van der Waals surface area contributed by atoms with Gasteiger partial charge in [0.05, 0.1) is 0 Å². The van der Waals surface area contributed by atoms with Crippen LogP contribution in [0.15, 0.2) is 33.3 Å². The van der Waals surface area contributed by atoms with Gasteiger partial charge >= 0.3 is 0 Å². The number of nitrogens with one attached hydrogen (secondary N) is 1. The summed E-state index contributed by atoms with van der Waals surface area (Å²) in [6.07, 6.45) is 6.72. The molecule has 7 heteroatoms. The van der Waals surface area contributed by atoms with Crippen LogP contribution >= 0.6 is 15.9 Å². The number of carbonyl (C=O) groups is 1. The van der Waals surface area contributed by atoms with Crippen molar-refractivity contribution < 1.29 is 9.32 Å². The second-order valence-corrected chi connectivity index (χ2v) is 8.71. The third-order valence-corrected chi connectivity index (χ3v) is 6.65. The van der Waals surface area contributed by atoms with Gasteiger partial charge in [-0.05, 0) is 62.1 Å². The minimum Gasteiger partial charge on any atom is -0.384 e. The molecule has 2 bridgehead atoms. The lowest BCUT2D eigenvalue weighted by Gasteiger charge is -2.52. The predicted octanol–water partition coefficient (Wildman–Crippen LogP) is 3.56. The van der Waals surface area contributed by atoms with Crippen molar-refractivity contribution in [3.8, 4) is 0 Å². The Morgan fingerprint density at radius 3 is 2.62 bits per heavy atom. The number of aromatic nitrogens is 2. The zero-order valence-corrected chi connectivity index (χ0v) is 16.2. The Balaban J connectivity index is 1.41. The molecule has 3 saturated carbocycles. The van der Waals surface area contributed by atoms with E-state index in [1.807, 2.05) is 6.07 Å². The summed E-state index contributed by atoms with van der Waals surface area (Å²) in [6, 6.07) is 8.32. The first-order valence-corrected chi connectivity index (χ1v) is 9.89. The van der Waals surface area contributed by atoms with Crippen molar-refractivity contribution in [1.82, 2.24) is 10.1 Å². The molecule has 0 atom stereocenters. The van der Waals surface area contributed by atoms with Gasteiger partial charge in [-0.1, -0.05) is 27.2 Å². The molecule has 5 rings (SSSR count). The Hall–Kier alpha value is -1.89. The number of carbonyl (C=O) groups excluding carboxylic acids is 1. The second kappa shape index (κ2) is 6.68. The molecule has 0 spiro atoms. The maximum atomic E-state index is 11.0. The number of rotatable bonds is 6. The van der Waals surface area contributed by atoms with Crippen molar-refractivity contribution in [2.24, 2.45) is 11.1 Å². The van der Waals surface area contributed by atoms with Crippen LogP contribution in [-0.2, 0) is 16.6 Å². The summed E-state index contributed by atoms with van der Waals surface area (Å²) in [5.74, 6) is 0.658. The Morgan fingerprint density at radius 1 is 1.23 bits per heavy atom. The minimum atomic E-state index is -0.442. The Morgan fingerprint density at radius 2 is 1.96 bits per heavy atom.